The molecule has 3 atom stereocenters. The van der Waals surface area contributed by atoms with E-state index in [4.69, 9.17) is 0 Å². The standard InChI is InChI=1S/2C9H18N2S.C8H16N2/c2*12-8-10-5-6-11-4-2-1-3-9(11)7-10;1-2-5-10-6-4-9-7-8(10)3-1/h2*9,12H,1-8H2;8-9H,1-7H2. The predicted octanol–water partition coefficient (Wildman–Crippen LogP) is 2.53. The highest BCUT2D eigenvalue weighted by atomic mass is 32.1. The Morgan fingerprint density at radius 1 is 0.529 bits per heavy atom. The van der Waals surface area contributed by atoms with Crippen molar-refractivity contribution in [1.82, 2.24) is 29.8 Å². The van der Waals surface area contributed by atoms with Gasteiger partial charge in [0.1, 0.15) is 0 Å². The fourth-order valence-electron chi connectivity index (χ4n) is 6.77. The summed E-state index contributed by atoms with van der Waals surface area (Å²) in [6, 6.07) is 2.57. The van der Waals surface area contributed by atoms with E-state index >= 15 is 0 Å². The van der Waals surface area contributed by atoms with Crippen molar-refractivity contribution in [3.63, 3.8) is 0 Å². The van der Waals surface area contributed by atoms with Gasteiger partial charge in [-0.05, 0) is 58.2 Å². The second kappa shape index (κ2) is 15.0. The van der Waals surface area contributed by atoms with Crippen LogP contribution in [0.5, 0.6) is 0 Å². The molecule has 0 aromatic heterocycles. The van der Waals surface area contributed by atoms with Crippen molar-refractivity contribution < 1.29 is 0 Å². The normalized spacial score (nSPS) is 33.9. The molecular weight excluding hydrogens is 460 g/mol. The molecule has 0 amide bonds. The minimum atomic E-state index is 0.847. The predicted molar refractivity (Wildman–Crippen MR) is 151 cm³/mol. The maximum Gasteiger partial charge on any atom is 0.0415 e. The molecule has 0 saturated carbocycles. The van der Waals surface area contributed by atoms with Crippen LogP contribution in [0.2, 0.25) is 0 Å². The SMILES string of the molecule is C1CCN2CCNCC2C1.SCN1CCN2CCCCC2C1.SCN1CCN2CCCCC2C1. The van der Waals surface area contributed by atoms with Crippen LogP contribution in [0.3, 0.4) is 0 Å². The van der Waals surface area contributed by atoms with Gasteiger partial charge in [0.25, 0.3) is 0 Å². The van der Waals surface area contributed by atoms with E-state index in [0.717, 1.165) is 29.9 Å². The van der Waals surface area contributed by atoms with Crippen LogP contribution in [0, 0.1) is 0 Å². The van der Waals surface area contributed by atoms with Crippen LogP contribution < -0.4 is 5.32 Å². The molecule has 8 heteroatoms. The topological polar surface area (TPSA) is 28.2 Å². The summed E-state index contributed by atoms with van der Waals surface area (Å²) in [6.07, 6.45) is 12.8. The van der Waals surface area contributed by atoms with E-state index in [1.807, 2.05) is 0 Å². The lowest BCUT2D eigenvalue weighted by Gasteiger charge is -2.43. The van der Waals surface area contributed by atoms with Crippen LogP contribution in [-0.2, 0) is 0 Å². The molecule has 198 valence electrons. The molecule has 0 spiro atoms. The second-order valence-electron chi connectivity index (χ2n) is 11.2. The molecule has 34 heavy (non-hydrogen) atoms. The monoisotopic (exact) mass is 512 g/mol. The molecular formula is C26H52N6S2. The highest BCUT2D eigenvalue weighted by molar-refractivity contribution is 7.80. The average molecular weight is 513 g/mol. The molecule has 0 bridgehead atoms. The Kier molecular flexibility index (Phi) is 12.1. The molecule has 6 heterocycles. The zero-order valence-corrected chi connectivity index (χ0v) is 23.4. The lowest BCUT2D eigenvalue weighted by Crippen LogP contribution is -2.54. The van der Waals surface area contributed by atoms with Crippen LogP contribution in [-0.4, -0.2) is 133 Å². The second-order valence-corrected chi connectivity index (χ2v) is 11.8. The minimum Gasteiger partial charge on any atom is -0.314 e. The minimum absolute atomic E-state index is 0.847. The molecule has 6 fully saturated rings. The van der Waals surface area contributed by atoms with Crippen LogP contribution in [0.15, 0.2) is 0 Å². The lowest BCUT2D eigenvalue weighted by molar-refractivity contribution is 0.0594. The highest BCUT2D eigenvalue weighted by Crippen LogP contribution is 2.22. The van der Waals surface area contributed by atoms with Crippen molar-refractivity contribution in [2.75, 3.05) is 90.3 Å². The first-order valence-electron chi connectivity index (χ1n) is 14.4. The Balaban J connectivity index is 0.000000121. The van der Waals surface area contributed by atoms with E-state index in [2.05, 4.69) is 55.1 Å². The first-order chi connectivity index (χ1) is 16.8. The number of piperidine rings is 3. The number of rotatable bonds is 2. The average Bonchev–Trinajstić information content (AvgIpc) is 2.93. The largest absolute Gasteiger partial charge is 0.314 e. The summed E-state index contributed by atoms with van der Waals surface area (Å²) in [7, 11) is 0. The number of thiol groups is 2. The zero-order valence-electron chi connectivity index (χ0n) is 21.6. The first-order valence-corrected chi connectivity index (χ1v) is 15.6. The van der Waals surface area contributed by atoms with Gasteiger partial charge in [-0.2, -0.15) is 25.3 Å². The molecule has 0 radical (unpaired) electrons. The Morgan fingerprint density at radius 3 is 1.47 bits per heavy atom. The molecule has 6 saturated heterocycles. The smallest absolute Gasteiger partial charge is 0.0415 e. The number of hydrogen-bond acceptors (Lipinski definition) is 8. The third-order valence-electron chi connectivity index (χ3n) is 8.95. The number of hydrogen-bond donors (Lipinski definition) is 3. The molecule has 0 aliphatic carbocycles. The third-order valence-corrected chi connectivity index (χ3v) is 9.75. The summed E-state index contributed by atoms with van der Waals surface area (Å²) in [4.78, 5) is 12.9. The van der Waals surface area contributed by atoms with Crippen molar-refractivity contribution in [3.05, 3.63) is 0 Å². The van der Waals surface area contributed by atoms with Crippen molar-refractivity contribution in [2.24, 2.45) is 0 Å². The van der Waals surface area contributed by atoms with E-state index in [1.165, 1.54) is 136 Å². The molecule has 0 aromatic carbocycles. The van der Waals surface area contributed by atoms with Gasteiger partial charge in [0.05, 0.1) is 0 Å². The summed E-state index contributed by atoms with van der Waals surface area (Å²) in [5.74, 6) is 1.87. The summed E-state index contributed by atoms with van der Waals surface area (Å²) in [5, 5.41) is 3.44. The van der Waals surface area contributed by atoms with E-state index in [9.17, 15) is 0 Å². The van der Waals surface area contributed by atoms with Crippen molar-refractivity contribution in [3.8, 4) is 0 Å². The maximum atomic E-state index is 4.33. The highest BCUT2D eigenvalue weighted by Gasteiger charge is 2.29. The molecule has 3 unspecified atom stereocenters. The Bertz CT molecular complexity index is 509. The van der Waals surface area contributed by atoms with Gasteiger partial charge in [-0.25, -0.2) is 0 Å². The quantitative estimate of drug-likeness (QED) is 0.493. The first kappa shape index (κ1) is 27.5. The van der Waals surface area contributed by atoms with Crippen LogP contribution >= 0.6 is 25.3 Å². The van der Waals surface area contributed by atoms with E-state index in [0.29, 0.717) is 0 Å². The van der Waals surface area contributed by atoms with Crippen molar-refractivity contribution >= 4 is 25.3 Å². The van der Waals surface area contributed by atoms with Gasteiger partial charge in [-0.15, -0.1) is 0 Å². The molecule has 1 N–H and O–H groups in total. The summed E-state index contributed by atoms with van der Waals surface area (Å²) in [6.45, 7) is 15.2. The van der Waals surface area contributed by atoms with Gasteiger partial charge in [-0.1, -0.05) is 19.3 Å². The van der Waals surface area contributed by atoms with Gasteiger partial charge in [0, 0.05) is 88.8 Å². The Labute approximate surface area is 220 Å². The van der Waals surface area contributed by atoms with Crippen molar-refractivity contribution in [1.29, 1.82) is 0 Å². The maximum absolute atomic E-state index is 4.33. The van der Waals surface area contributed by atoms with E-state index in [1.54, 1.807) is 0 Å². The lowest BCUT2D eigenvalue weighted by atomic mass is 10.00. The zero-order chi connectivity index (χ0) is 23.6. The molecule has 6 aliphatic heterocycles. The number of nitrogens with zero attached hydrogens (tertiary/aromatic N) is 5. The molecule has 6 nitrogen and oxygen atoms in total. The van der Waals surface area contributed by atoms with Crippen LogP contribution in [0.4, 0.5) is 0 Å². The molecule has 0 aromatic rings. The molecule has 6 aliphatic rings. The van der Waals surface area contributed by atoms with Gasteiger partial charge in [0.2, 0.25) is 0 Å². The van der Waals surface area contributed by atoms with Crippen LogP contribution in [0.25, 0.3) is 0 Å². The summed E-state index contributed by atoms with van der Waals surface area (Å²) in [5.41, 5.74) is 0. The Hall–Kier alpha value is 0.460. The van der Waals surface area contributed by atoms with Gasteiger partial charge >= 0.3 is 0 Å². The Morgan fingerprint density at radius 2 is 1.00 bits per heavy atom. The summed E-state index contributed by atoms with van der Waals surface area (Å²) >= 11 is 8.65. The fourth-order valence-corrected chi connectivity index (χ4v) is 7.29. The van der Waals surface area contributed by atoms with E-state index < -0.39 is 0 Å². The number of fused-ring (bicyclic) bond motifs is 3. The van der Waals surface area contributed by atoms with Gasteiger partial charge in [-0.3, -0.25) is 24.5 Å². The number of piperazine rings is 3. The number of nitrogens with one attached hydrogen (secondary N) is 1. The third kappa shape index (κ3) is 8.23. The van der Waals surface area contributed by atoms with Crippen molar-refractivity contribution in [2.45, 2.75) is 75.9 Å². The van der Waals surface area contributed by atoms with E-state index in [-0.39, 0.29) is 0 Å². The molecule has 6 rings (SSSR count). The fraction of sp³-hybridized carbons (Fsp3) is 1.00. The van der Waals surface area contributed by atoms with Gasteiger partial charge in [0.15, 0.2) is 0 Å². The van der Waals surface area contributed by atoms with Crippen LogP contribution in [0.1, 0.15) is 57.8 Å². The van der Waals surface area contributed by atoms with Gasteiger partial charge < -0.3 is 5.32 Å². The summed E-state index contributed by atoms with van der Waals surface area (Å²) < 4.78 is 0.